The van der Waals surface area contributed by atoms with Crippen LogP contribution in [0.1, 0.15) is 6.42 Å². The van der Waals surface area contributed by atoms with Gasteiger partial charge in [-0.3, -0.25) is 4.79 Å². The monoisotopic (exact) mass is 728 g/mol. The fourth-order valence-corrected chi connectivity index (χ4v) is 3.59. The highest BCUT2D eigenvalue weighted by atomic mass is 19.2. The number of para-hydroxylation sites is 1. The first kappa shape index (κ1) is 43.2. The Labute approximate surface area is 287 Å². The molecule has 0 spiro atoms. The fraction of sp³-hybridized carbons (Fsp3) is 0.606. The summed E-state index contributed by atoms with van der Waals surface area (Å²) in [5.41, 5.74) is 0. The van der Waals surface area contributed by atoms with Crippen LogP contribution in [0.2, 0.25) is 0 Å². The average Bonchev–Trinajstić information content (AvgIpc) is 3.13. The maximum Gasteiger partial charge on any atom is 0.313 e. The Morgan fingerprint density at radius 3 is 1.06 bits per heavy atom. The molecule has 2 rings (SSSR count). The molecule has 0 saturated heterocycles. The van der Waals surface area contributed by atoms with Crippen LogP contribution in [0.3, 0.4) is 0 Å². The summed E-state index contributed by atoms with van der Waals surface area (Å²) in [7, 11) is 0. The van der Waals surface area contributed by atoms with Gasteiger partial charge in [-0.2, -0.15) is 8.78 Å². The van der Waals surface area contributed by atoms with Crippen molar-refractivity contribution >= 4 is 5.97 Å². The van der Waals surface area contributed by atoms with Gasteiger partial charge >= 0.3 is 5.97 Å². The van der Waals surface area contributed by atoms with Crippen LogP contribution in [0, 0.1) is 29.1 Å². The molecule has 50 heavy (non-hydrogen) atoms. The first-order chi connectivity index (χ1) is 24.4. The van der Waals surface area contributed by atoms with E-state index in [1.165, 1.54) is 0 Å². The maximum atomic E-state index is 13.5. The van der Waals surface area contributed by atoms with Crippen LogP contribution >= 0.6 is 0 Å². The molecule has 0 aromatic heterocycles. The van der Waals surface area contributed by atoms with E-state index in [0.29, 0.717) is 99.1 Å². The molecule has 0 bridgehead atoms. The van der Waals surface area contributed by atoms with Crippen LogP contribution in [0.4, 0.5) is 22.0 Å². The molecule has 0 fully saturated rings. The number of hydrogen-bond donors (Lipinski definition) is 0. The molecule has 0 atom stereocenters. The Balaban J connectivity index is 1.22. The summed E-state index contributed by atoms with van der Waals surface area (Å²) in [6.07, 6.45) is -0.486. The van der Waals surface area contributed by atoms with E-state index < -0.39 is 47.2 Å². The lowest BCUT2D eigenvalue weighted by atomic mass is 10.2. The zero-order chi connectivity index (χ0) is 36.1. The van der Waals surface area contributed by atoms with Gasteiger partial charge in [-0.15, -0.1) is 0 Å². The molecule has 0 aliphatic rings. The van der Waals surface area contributed by atoms with Crippen molar-refractivity contribution in [3.8, 4) is 11.5 Å². The topological polar surface area (TPSA) is 119 Å². The lowest BCUT2D eigenvalue weighted by Crippen LogP contribution is -2.16. The average molecular weight is 729 g/mol. The van der Waals surface area contributed by atoms with Gasteiger partial charge in [0.25, 0.3) is 0 Å². The van der Waals surface area contributed by atoms with Gasteiger partial charge in [0.2, 0.25) is 34.8 Å². The van der Waals surface area contributed by atoms with Crippen molar-refractivity contribution in [3.63, 3.8) is 0 Å². The van der Waals surface area contributed by atoms with Gasteiger partial charge in [0.1, 0.15) is 12.4 Å². The van der Waals surface area contributed by atoms with Gasteiger partial charge in [-0.1, -0.05) is 18.2 Å². The van der Waals surface area contributed by atoms with Crippen molar-refractivity contribution in [1.29, 1.82) is 0 Å². The summed E-state index contributed by atoms with van der Waals surface area (Å²) in [6.45, 7) is 6.86. The van der Waals surface area contributed by atoms with E-state index in [9.17, 15) is 26.7 Å². The summed E-state index contributed by atoms with van der Waals surface area (Å²) in [6, 6.07) is 9.56. The van der Waals surface area contributed by atoms with E-state index in [1.54, 1.807) is 0 Å². The molecule has 0 aliphatic carbocycles. The lowest BCUT2D eigenvalue weighted by molar-refractivity contribution is -0.136. The second-order valence-electron chi connectivity index (χ2n) is 9.80. The number of esters is 1. The lowest BCUT2D eigenvalue weighted by Gasteiger charge is -2.09. The molecule has 12 nitrogen and oxygen atoms in total. The van der Waals surface area contributed by atoms with Crippen LogP contribution in [0.5, 0.6) is 11.5 Å². The van der Waals surface area contributed by atoms with E-state index in [0.717, 1.165) is 5.75 Å². The van der Waals surface area contributed by atoms with Crippen molar-refractivity contribution in [2.45, 2.75) is 6.42 Å². The zero-order valence-electron chi connectivity index (χ0n) is 27.8. The maximum absolute atomic E-state index is 13.5. The molecule has 0 amide bonds. The highest BCUT2D eigenvalue weighted by molar-refractivity contribution is 5.72. The molecular weight excluding hydrogens is 683 g/mol. The SMILES string of the molecule is O=C(CCOCCOCCOCCOCCOCCOCCOCCOCCOCCOc1ccccc1)Oc1c(F)c(F)c(F)c(F)c1F. The van der Waals surface area contributed by atoms with E-state index in [1.807, 2.05) is 30.3 Å². The third-order valence-corrected chi connectivity index (χ3v) is 6.05. The summed E-state index contributed by atoms with van der Waals surface area (Å²) >= 11 is 0. The molecule has 0 N–H and O–H groups in total. The van der Waals surface area contributed by atoms with E-state index >= 15 is 0 Å². The largest absolute Gasteiger partial charge is 0.491 e. The van der Waals surface area contributed by atoms with Crippen LogP contribution in [-0.2, 0) is 47.4 Å². The Morgan fingerprint density at radius 2 is 0.700 bits per heavy atom. The first-order valence-electron chi connectivity index (χ1n) is 16.0. The molecule has 2 aromatic carbocycles. The predicted octanol–water partition coefficient (Wildman–Crippen LogP) is 3.91. The van der Waals surface area contributed by atoms with Gasteiger partial charge in [0, 0.05) is 0 Å². The molecule has 284 valence electrons. The Morgan fingerprint density at radius 1 is 0.400 bits per heavy atom. The van der Waals surface area contributed by atoms with Crippen molar-refractivity contribution in [2.24, 2.45) is 0 Å². The molecule has 2 aromatic rings. The summed E-state index contributed by atoms with van der Waals surface area (Å²) in [5.74, 6) is -13.3. The third-order valence-electron chi connectivity index (χ3n) is 6.05. The van der Waals surface area contributed by atoms with Gasteiger partial charge in [0.05, 0.1) is 125 Å². The second-order valence-corrected chi connectivity index (χ2v) is 9.80. The van der Waals surface area contributed by atoms with Crippen LogP contribution in [-0.4, -0.2) is 132 Å². The number of ether oxygens (including phenoxy) is 11. The fourth-order valence-electron chi connectivity index (χ4n) is 3.59. The van der Waals surface area contributed by atoms with Crippen molar-refractivity contribution in [1.82, 2.24) is 0 Å². The zero-order valence-corrected chi connectivity index (χ0v) is 27.8. The molecular formula is C33H45F5O12. The van der Waals surface area contributed by atoms with Gasteiger partial charge in [-0.25, -0.2) is 13.2 Å². The van der Waals surface area contributed by atoms with Gasteiger partial charge in [-0.05, 0) is 12.1 Å². The highest BCUT2D eigenvalue weighted by Gasteiger charge is 2.28. The molecule has 0 heterocycles. The number of hydrogen-bond acceptors (Lipinski definition) is 12. The number of benzene rings is 2. The number of carbonyl (C=O) groups is 1. The van der Waals surface area contributed by atoms with Gasteiger partial charge in [0.15, 0.2) is 0 Å². The molecule has 0 radical (unpaired) electrons. The van der Waals surface area contributed by atoms with Gasteiger partial charge < -0.3 is 52.1 Å². The van der Waals surface area contributed by atoms with Crippen LogP contribution in [0.15, 0.2) is 30.3 Å². The predicted molar refractivity (Wildman–Crippen MR) is 166 cm³/mol. The van der Waals surface area contributed by atoms with E-state index in [2.05, 4.69) is 4.74 Å². The smallest absolute Gasteiger partial charge is 0.313 e. The van der Waals surface area contributed by atoms with Crippen LogP contribution < -0.4 is 9.47 Å². The Kier molecular flexibility index (Phi) is 24.8. The number of halogens is 5. The minimum atomic E-state index is -2.35. The molecule has 0 unspecified atom stereocenters. The summed E-state index contributed by atoms with van der Waals surface area (Å²) in [4.78, 5) is 11.6. The second kappa shape index (κ2) is 28.7. The first-order valence-corrected chi connectivity index (χ1v) is 16.0. The molecule has 0 aliphatic heterocycles. The third kappa shape index (κ3) is 20.0. The summed E-state index contributed by atoms with van der Waals surface area (Å²) in [5, 5.41) is 0. The van der Waals surface area contributed by atoms with Crippen molar-refractivity contribution in [2.75, 3.05) is 126 Å². The van der Waals surface area contributed by atoms with Crippen molar-refractivity contribution in [3.05, 3.63) is 59.4 Å². The standard InChI is InChI=1S/C33H45F5O12/c34-28-29(35)31(37)33(32(38)30(28)36)50-27(39)6-7-40-8-9-41-10-11-42-12-13-43-14-15-44-16-17-45-18-19-46-20-21-47-22-23-48-24-25-49-26-4-2-1-3-5-26/h1-5H,6-25H2. The van der Waals surface area contributed by atoms with E-state index in [-0.39, 0.29) is 26.4 Å². The van der Waals surface area contributed by atoms with Crippen molar-refractivity contribution < 1.29 is 78.9 Å². The minimum absolute atomic E-state index is 0.0812. The van der Waals surface area contributed by atoms with Crippen LogP contribution in [0.25, 0.3) is 0 Å². The quantitative estimate of drug-likeness (QED) is 0.0272. The molecule has 17 heteroatoms. The Bertz CT molecular complexity index is 1140. The minimum Gasteiger partial charge on any atom is -0.491 e. The van der Waals surface area contributed by atoms with E-state index in [4.69, 9.17) is 47.4 Å². The number of rotatable bonds is 32. The summed E-state index contributed by atoms with van der Waals surface area (Å²) < 4.78 is 125. The number of carbonyl (C=O) groups excluding carboxylic acids is 1. The Hall–Kier alpha value is -3.00. The normalized spacial score (nSPS) is 11.3. The highest BCUT2D eigenvalue weighted by Crippen LogP contribution is 2.29. The molecule has 0 saturated carbocycles.